The molecule has 0 heterocycles. The largest absolute Gasteiger partial charge is 0.482 e. The normalized spacial score (nSPS) is 15.6. The van der Waals surface area contributed by atoms with Crippen LogP contribution in [0.3, 0.4) is 0 Å². The number of carbonyl (C=O) groups is 1. The molecule has 0 amide bonds. The molecule has 0 spiro atoms. The highest BCUT2D eigenvalue weighted by molar-refractivity contribution is 5.68. The number of carboxylic acid groups (broad SMARTS) is 1. The molecule has 1 aromatic carbocycles. The Hall–Kier alpha value is -2.35. The minimum atomic E-state index is -1.03. The third-order valence-electron chi connectivity index (χ3n) is 3.67. The highest BCUT2D eigenvalue weighted by Gasteiger charge is 2.25. The first-order valence-corrected chi connectivity index (χ1v) is 7.44. The number of carboxylic acids is 1. The van der Waals surface area contributed by atoms with Crippen molar-refractivity contribution < 1.29 is 14.6 Å². The second-order valence-corrected chi connectivity index (χ2v) is 5.21. The van der Waals surface area contributed by atoms with E-state index in [2.05, 4.69) is 17.0 Å². The summed E-state index contributed by atoms with van der Waals surface area (Å²) in [6.07, 6.45) is 3.74. The molecule has 0 aromatic heterocycles. The van der Waals surface area contributed by atoms with Gasteiger partial charge in [0.2, 0.25) is 0 Å². The molecule has 22 heavy (non-hydrogen) atoms. The van der Waals surface area contributed by atoms with Gasteiger partial charge in [0.05, 0.1) is 0 Å². The number of ether oxygens (including phenoxy) is 1. The fourth-order valence-electron chi connectivity index (χ4n) is 2.66. The number of aryl methyl sites for hydroxylation is 2. The molecular weight excluding hydrogens is 282 g/mol. The van der Waals surface area contributed by atoms with Crippen LogP contribution in [0.15, 0.2) is 17.3 Å². The summed E-state index contributed by atoms with van der Waals surface area (Å²) in [6.45, 7) is 1.60. The van der Waals surface area contributed by atoms with Gasteiger partial charge in [-0.3, -0.25) is 0 Å². The molecule has 0 bridgehead atoms. The van der Waals surface area contributed by atoms with Crippen molar-refractivity contribution in [2.75, 3.05) is 6.61 Å². The summed E-state index contributed by atoms with van der Waals surface area (Å²) in [5.74, 6) is 5.59. The molecule has 1 aliphatic carbocycles. The number of fused-ring (bicyclic) bond motifs is 1. The molecule has 1 aromatic rings. The SMILES string of the molecule is CCC#CCCc1cc2c(cc1OCC(=O)O)C(N=O)CC2. The Morgan fingerprint density at radius 1 is 1.45 bits per heavy atom. The van der Waals surface area contributed by atoms with Gasteiger partial charge < -0.3 is 9.84 Å². The lowest BCUT2D eigenvalue weighted by Gasteiger charge is -2.13. The van der Waals surface area contributed by atoms with E-state index in [0.29, 0.717) is 25.0 Å². The number of nitroso groups, excluding NO2 is 1. The van der Waals surface area contributed by atoms with Gasteiger partial charge in [0.25, 0.3) is 0 Å². The molecule has 0 aliphatic heterocycles. The van der Waals surface area contributed by atoms with E-state index in [4.69, 9.17) is 9.84 Å². The summed E-state index contributed by atoms with van der Waals surface area (Å²) >= 11 is 0. The van der Waals surface area contributed by atoms with E-state index in [9.17, 15) is 9.70 Å². The van der Waals surface area contributed by atoms with Crippen LogP contribution in [-0.2, 0) is 17.6 Å². The summed E-state index contributed by atoms with van der Waals surface area (Å²) < 4.78 is 5.38. The van der Waals surface area contributed by atoms with Crippen LogP contribution in [0.25, 0.3) is 0 Å². The Morgan fingerprint density at radius 3 is 2.95 bits per heavy atom. The minimum absolute atomic E-state index is 0.351. The third kappa shape index (κ3) is 3.85. The van der Waals surface area contributed by atoms with Crippen molar-refractivity contribution in [3.63, 3.8) is 0 Å². The molecule has 0 radical (unpaired) electrons. The standard InChI is InChI=1S/C17H19NO4/c1-2-3-4-5-6-13-9-12-7-8-15(18-21)14(12)10-16(13)22-11-17(19)20/h9-10,15H,2,5-8,11H2,1H3,(H,19,20). The zero-order valence-corrected chi connectivity index (χ0v) is 12.6. The van der Waals surface area contributed by atoms with Crippen molar-refractivity contribution in [2.45, 2.75) is 45.1 Å². The second-order valence-electron chi connectivity index (χ2n) is 5.21. The zero-order valence-electron chi connectivity index (χ0n) is 12.6. The van der Waals surface area contributed by atoms with E-state index in [-0.39, 0.29) is 6.04 Å². The van der Waals surface area contributed by atoms with Crippen LogP contribution < -0.4 is 4.74 Å². The topological polar surface area (TPSA) is 76.0 Å². The van der Waals surface area contributed by atoms with Crippen molar-refractivity contribution in [2.24, 2.45) is 5.18 Å². The number of hydrogen-bond acceptors (Lipinski definition) is 4. The van der Waals surface area contributed by atoms with Crippen molar-refractivity contribution >= 4 is 5.97 Å². The maximum atomic E-state index is 10.9. The summed E-state index contributed by atoms with van der Waals surface area (Å²) in [4.78, 5) is 21.6. The van der Waals surface area contributed by atoms with E-state index < -0.39 is 12.6 Å². The van der Waals surface area contributed by atoms with Crippen molar-refractivity contribution in [3.8, 4) is 17.6 Å². The number of nitrogens with zero attached hydrogens (tertiary/aromatic N) is 1. The fraction of sp³-hybridized carbons (Fsp3) is 0.471. The van der Waals surface area contributed by atoms with Crippen LogP contribution in [0.5, 0.6) is 5.75 Å². The van der Waals surface area contributed by atoms with Crippen LogP contribution >= 0.6 is 0 Å². The molecule has 2 rings (SSSR count). The number of aliphatic carboxylic acids is 1. The molecule has 5 heteroatoms. The lowest BCUT2D eigenvalue weighted by atomic mass is 10.0. The van der Waals surface area contributed by atoms with Gasteiger partial charge in [-0.25, -0.2) is 4.79 Å². The Balaban J connectivity index is 2.25. The molecule has 116 valence electrons. The molecule has 1 atom stereocenters. The predicted octanol–water partition coefficient (Wildman–Crippen LogP) is 3.25. The molecule has 0 saturated carbocycles. The molecule has 0 fully saturated rings. The summed E-state index contributed by atoms with van der Waals surface area (Å²) in [7, 11) is 0. The Bertz CT molecular complexity index is 628. The number of benzene rings is 1. The van der Waals surface area contributed by atoms with E-state index in [1.807, 2.05) is 13.0 Å². The zero-order chi connectivity index (χ0) is 15.9. The minimum Gasteiger partial charge on any atom is -0.482 e. The number of hydrogen-bond donors (Lipinski definition) is 1. The van der Waals surface area contributed by atoms with E-state index in [1.165, 1.54) is 0 Å². The highest BCUT2D eigenvalue weighted by atomic mass is 16.5. The molecule has 0 saturated heterocycles. The lowest BCUT2D eigenvalue weighted by Crippen LogP contribution is -2.11. The van der Waals surface area contributed by atoms with Crippen LogP contribution in [-0.4, -0.2) is 17.7 Å². The summed E-state index contributed by atoms with van der Waals surface area (Å²) in [6, 6.07) is 3.43. The third-order valence-corrected chi connectivity index (χ3v) is 3.67. The van der Waals surface area contributed by atoms with E-state index in [1.54, 1.807) is 6.07 Å². The Labute approximate surface area is 129 Å². The fourth-order valence-corrected chi connectivity index (χ4v) is 2.66. The second kappa shape index (κ2) is 7.60. The van der Waals surface area contributed by atoms with Gasteiger partial charge in [-0.05, 0) is 42.0 Å². The summed E-state index contributed by atoms with van der Waals surface area (Å²) in [5.41, 5.74) is 2.90. The van der Waals surface area contributed by atoms with Gasteiger partial charge in [0.1, 0.15) is 11.8 Å². The average molecular weight is 301 g/mol. The van der Waals surface area contributed by atoms with Crippen LogP contribution in [0.1, 0.15) is 48.9 Å². The maximum absolute atomic E-state index is 10.9. The maximum Gasteiger partial charge on any atom is 0.341 e. The van der Waals surface area contributed by atoms with E-state index >= 15 is 0 Å². The quantitative estimate of drug-likeness (QED) is 0.646. The van der Waals surface area contributed by atoms with Gasteiger partial charge in [-0.2, -0.15) is 4.91 Å². The molecular formula is C17H19NO4. The van der Waals surface area contributed by atoms with Gasteiger partial charge >= 0.3 is 5.97 Å². The molecule has 1 aliphatic rings. The van der Waals surface area contributed by atoms with Gasteiger partial charge in [-0.15, -0.1) is 11.8 Å². The van der Waals surface area contributed by atoms with Crippen LogP contribution in [0, 0.1) is 16.7 Å². The average Bonchev–Trinajstić information content (AvgIpc) is 2.90. The lowest BCUT2D eigenvalue weighted by molar-refractivity contribution is -0.139. The van der Waals surface area contributed by atoms with Crippen LogP contribution in [0.4, 0.5) is 0 Å². The highest BCUT2D eigenvalue weighted by Crippen LogP contribution is 2.38. The van der Waals surface area contributed by atoms with Crippen LogP contribution in [0.2, 0.25) is 0 Å². The summed E-state index contributed by atoms with van der Waals surface area (Å²) in [5, 5.41) is 11.9. The first-order valence-electron chi connectivity index (χ1n) is 7.44. The smallest absolute Gasteiger partial charge is 0.341 e. The Kier molecular flexibility index (Phi) is 5.54. The molecule has 1 N–H and O–H groups in total. The monoisotopic (exact) mass is 301 g/mol. The number of rotatable bonds is 6. The first kappa shape index (κ1) is 16.0. The predicted molar refractivity (Wildman–Crippen MR) is 82.8 cm³/mol. The van der Waals surface area contributed by atoms with Gasteiger partial charge in [0, 0.05) is 12.8 Å². The Morgan fingerprint density at radius 2 is 2.27 bits per heavy atom. The first-order chi connectivity index (χ1) is 10.7. The van der Waals surface area contributed by atoms with Gasteiger partial charge in [-0.1, -0.05) is 18.2 Å². The molecule has 1 unspecified atom stereocenters. The molecule has 5 nitrogen and oxygen atoms in total. The van der Waals surface area contributed by atoms with Crippen molar-refractivity contribution in [1.82, 2.24) is 0 Å². The van der Waals surface area contributed by atoms with Crippen molar-refractivity contribution in [1.29, 1.82) is 0 Å². The van der Waals surface area contributed by atoms with E-state index in [0.717, 1.165) is 29.5 Å². The van der Waals surface area contributed by atoms with Crippen molar-refractivity contribution in [3.05, 3.63) is 33.7 Å². The van der Waals surface area contributed by atoms with Gasteiger partial charge in [0.15, 0.2) is 6.61 Å².